The Balaban J connectivity index is 2.08. The molecule has 1 fully saturated rings. The molecule has 1 saturated heterocycles. The SMILES string of the molecule is CCOc1ccc(/C(O)=C2/C(=O)C(=O)N(CCCN(C)C)C2c2ccc(Cl)cc2)cc1C. The van der Waals surface area contributed by atoms with Crippen LogP contribution in [-0.4, -0.2) is 60.4 Å². The number of aliphatic hydroxyl groups is 1. The first kappa shape index (κ1) is 23.8. The molecular formula is C25H29ClN2O4. The van der Waals surface area contributed by atoms with Gasteiger partial charge in [-0.25, -0.2) is 0 Å². The summed E-state index contributed by atoms with van der Waals surface area (Å²) in [7, 11) is 3.91. The van der Waals surface area contributed by atoms with E-state index in [9.17, 15) is 14.7 Å². The van der Waals surface area contributed by atoms with Crippen LogP contribution in [0.3, 0.4) is 0 Å². The third kappa shape index (κ3) is 4.97. The monoisotopic (exact) mass is 456 g/mol. The van der Waals surface area contributed by atoms with Crippen LogP contribution in [0.4, 0.5) is 0 Å². The summed E-state index contributed by atoms with van der Waals surface area (Å²) < 4.78 is 5.57. The fourth-order valence-electron chi connectivity index (χ4n) is 3.93. The number of carbonyl (C=O) groups is 2. The van der Waals surface area contributed by atoms with Crippen LogP contribution >= 0.6 is 11.6 Å². The lowest BCUT2D eigenvalue weighted by Crippen LogP contribution is -2.32. The summed E-state index contributed by atoms with van der Waals surface area (Å²) >= 11 is 6.06. The van der Waals surface area contributed by atoms with E-state index in [-0.39, 0.29) is 11.3 Å². The highest BCUT2D eigenvalue weighted by Crippen LogP contribution is 2.40. The third-order valence-corrected chi connectivity index (χ3v) is 5.73. The molecule has 32 heavy (non-hydrogen) atoms. The molecule has 0 aliphatic carbocycles. The zero-order chi connectivity index (χ0) is 23.4. The van der Waals surface area contributed by atoms with Crippen molar-refractivity contribution in [2.45, 2.75) is 26.3 Å². The lowest BCUT2D eigenvalue weighted by atomic mass is 9.94. The number of ether oxygens (including phenoxy) is 1. The number of rotatable bonds is 8. The molecule has 0 spiro atoms. The molecular weight excluding hydrogens is 428 g/mol. The van der Waals surface area contributed by atoms with Gasteiger partial charge >= 0.3 is 0 Å². The molecule has 1 atom stereocenters. The minimum Gasteiger partial charge on any atom is -0.507 e. The molecule has 1 heterocycles. The van der Waals surface area contributed by atoms with Gasteiger partial charge in [-0.2, -0.15) is 0 Å². The van der Waals surface area contributed by atoms with E-state index < -0.39 is 17.7 Å². The average Bonchev–Trinajstić information content (AvgIpc) is 3.00. The van der Waals surface area contributed by atoms with Crippen molar-refractivity contribution in [2.24, 2.45) is 0 Å². The number of likely N-dealkylation sites (tertiary alicyclic amines) is 1. The van der Waals surface area contributed by atoms with E-state index in [1.54, 1.807) is 47.4 Å². The van der Waals surface area contributed by atoms with Crippen molar-refractivity contribution in [3.63, 3.8) is 0 Å². The Bertz CT molecular complexity index is 1030. The second-order valence-electron chi connectivity index (χ2n) is 8.11. The van der Waals surface area contributed by atoms with Crippen molar-refractivity contribution in [3.8, 4) is 5.75 Å². The predicted molar refractivity (Wildman–Crippen MR) is 126 cm³/mol. The Morgan fingerprint density at radius 3 is 2.44 bits per heavy atom. The second kappa shape index (κ2) is 10.2. The minimum atomic E-state index is -0.682. The second-order valence-corrected chi connectivity index (χ2v) is 8.55. The van der Waals surface area contributed by atoms with E-state index in [2.05, 4.69) is 0 Å². The molecule has 0 aromatic heterocycles. The number of hydrogen-bond acceptors (Lipinski definition) is 5. The molecule has 0 radical (unpaired) electrons. The molecule has 170 valence electrons. The van der Waals surface area contributed by atoms with Crippen molar-refractivity contribution in [2.75, 3.05) is 33.8 Å². The summed E-state index contributed by atoms with van der Waals surface area (Å²) in [6.07, 6.45) is 0.701. The molecule has 1 unspecified atom stereocenters. The summed E-state index contributed by atoms with van der Waals surface area (Å²) in [5.41, 5.74) is 2.11. The standard InChI is InChI=1S/C25H29ClN2O4/c1-5-32-20-12-9-18(15-16(20)2)23(29)21-22(17-7-10-19(26)11-8-17)28(25(31)24(21)30)14-6-13-27(3)4/h7-12,15,22,29H,5-6,13-14H2,1-4H3/b23-21-. The van der Waals surface area contributed by atoms with Gasteiger partial charge in [0.15, 0.2) is 0 Å². The molecule has 0 saturated carbocycles. The topological polar surface area (TPSA) is 70.1 Å². The van der Waals surface area contributed by atoms with Crippen LogP contribution in [0.15, 0.2) is 48.0 Å². The molecule has 2 aromatic rings. The van der Waals surface area contributed by atoms with Gasteiger partial charge in [0.25, 0.3) is 11.7 Å². The minimum absolute atomic E-state index is 0.0886. The maximum Gasteiger partial charge on any atom is 0.295 e. The molecule has 1 aliphatic heterocycles. The van der Waals surface area contributed by atoms with Gasteiger partial charge in [-0.15, -0.1) is 0 Å². The first-order valence-electron chi connectivity index (χ1n) is 10.7. The average molecular weight is 457 g/mol. The van der Waals surface area contributed by atoms with Crippen LogP contribution < -0.4 is 4.74 Å². The van der Waals surface area contributed by atoms with Crippen molar-refractivity contribution in [3.05, 3.63) is 69.8 Å². The maximum atomic E-state index is 13.1. The smallest absolute Gasteiger partial charge is 0.295 e. The normalized spacial score (nSPS) is 17.9. The predicted octanol–water partition coefficient (Wildman–Crippen LogP) is 4.42. The van der Waals surface area contributed by atoms with Crippen LogP contribution in [0, 0.1) is 6.92 Å². The van der Waals surface area contributed by atoms with E-state index in [0.29, 0.717) is 35.9 Å². The largest absolute Gasteiger partial charge is 0.507 e. The van der Waals surface area contributed by atoms with E-state index >= 15 is 0 Å². The van der Waals surface area contributed by atoms with E-state index in [1.807, 2.05) is 32.8 Å². The Kier molecular flexibility index (Phi) is 7.59. The first-order valence-corrected chi connectivity index (χ1v) is 11.0. The van der Waals surface area contributed by atoms with Crippen LogP contribution in [0.1, 0.15) is 36.1 Å². The number of Topliss-reactive ketones (excluding diaryl/α,β-unsaturated/α-hetero) is 1. The number of benzene rings is 2. The quantitative estimate of drug-likeness (QED) is 0.361. The number of amides is 1. The van der Waals surface area contributed by atoms with Crippen molar-refractivity contribution < 1.29 is 19.4 Å². The molecule has 1 amide bonds. The van der Waals surface area contributed by atoms with Crippen molar-refractivity contribution >= 4 is 29.1 Å². The zero-order valence-electron chi connectivity index (χ0n) is 18.9. The van der Waals surface area contributed by atoms with Gasteiger partial charge in [0.05, 0.1) is 18.2 Å². The van der Waals surface area contributed by atoms with Crippen LogP contribution in [0.25, 0.3) is 5.76 Å². The maximum absolute atomic E-state index is 13.1. The Morgan fingerprint density at radius 1 is 1.16 bits per heavy atom. The lowest BCUT2D eigenvalue weighted by molar-refractivity contribution is -0.139. The highest BCUT2D eigenvalue weighted by atomic mass is 35.5. The van der Waals surface area contributed by atoms with Gasteiger partial charge < -0.3 is 19.6 Å². The van der Waals surface area contributed by atoms with Gasteiger partial charge in [0.1, 0.15) is 11.5 Å². The van der Waals surface area contributed by atoms with Gasteiger partial charge in [0, 0.05) is 17.1 Å². The van der Waals surface area contributed by atoms with E-state index in [1.165, 1.54) is 0 Å². The Morgan fingerprint density at radius 2 is 1.84 bits per heavy atom. The number of halogens is 1. The number of carbonyl (C=O) groups excluding carboxylic acids is 2. The fraction of sp³-hybridized carbons (Fsp3) is 0.360. The van der Waals surface area contributed by atoms with Crippen LogP contribution in [-0.2, 0) is 9.59 Å². The number of aryl methyl sites for hydroxylation is 1. The van der Waals surface area contributed by atoms with Gasteiger partial charge in [-0.3, -0.25) is 9.59 Å². The van der Waals surface area contributed by atoms with E-state index in [0.717, 1.165) is 17.7 Å². The summed E-state index contributed by atoms with van der Waals surface area (Å²) in [6.45, 7) is 5.47. The van der Waals surface area contributed by atoms with Crippen molar-refractivity contribution in [1.82, 2.24) is 9.80 Å². The van der Waals surface area contributed by atoms with Gasteiger partial charge in [-0.1, -0.05) is 23.7 Å². The Labute approximate surface area is 194 Å². The molecule has 3 rings (SSSR count). The highest BCUT2D eigenvalue weighted by molar-refractivity contribution is 6.46. The number of aliphatic hydroxyl groups excluding tert-OH is 1. The Hall–Kier alpha value is -2.83. The summed E-state index contributed by atoms with van der Waals surface area (Å²) in [4.78, 5) is 29.6. The van der Waals surface area contributed by atoms with Crippen LogP contribution in [0.2, 0.25) is 5.02 Å². The number of ketones is 1. The highest BCUT2D eigenvalue weighted by Gasteiger charge is 2.45. The fourth-order valence-corrected chi connectivity index (χ4v) is 4.06. The molecule has 6 nitrogen and oxygen atoms in total. The molecule has 0 bridgehead atoms. The zero-order valence-corrected chi connectivity index (χ0v) is 19.6. The summed E-state index contributed by atoms with van der Waals surface area (Å²) in [5.74, 6) is -0.765. The lowest BCUT2D eigenvalue weighted by Gasteiger charge is -2.26. The van der Waals surface area contributed by atoms with Gasteiger partial charge in [-0.05, 0) is 82.4 Å². The molecule has 2 aromatic carbocycles. The van der Waals surface area contributed by atoms with E-state index in [4.69, 9.17) is 16.3 Å². The van der Waals surface area contributed by atoms with Crippen LogP contribution in [0.5, 0.6) is 5.75 Å². The van der Waals surface area contributed by atoms with Gasteiger partial charge in [0.2, 0.25) is 0 Å². The summed E-state index contributed by atoms with van der Waals surface area (Å²) in [6, 6.07) is 11.6. The third-order valence-electron chi connectivity index (χ3n) is 5.48. The molecule has 1 N–H and O–H groups in total. The number of hydrogen-bond donors (Lipinski definition) is 1. The van der Waals surface area contributed by atoms with Crippen molar-refractivity contribution in [1.29, 1.82) is 0 Å². The number of nitrogens with zero attached hydrogens (tertiary/aromatic N) is 2. The molecule has 1 aliphatic rings. The first-order chi connectivity index (χ1) is 15.2. The molecule has 7 heteroatoms. The summed E-state index contributed by atoms with van der Waals surface area (Å²) in [5, 5.41) is 11.7.